The van der Waals surface area contributed by atoms with E-state index in [1.807, 2.05) is 6.08 Å². The van der Waals surface area contributed by atoms with E-state index in [1.165, 1.54) is 334 Å². The molecule has 2 unspecified atom stereocenters. The Labute approximate surface area is 484 Å². The zero-order valence-electron chi connectivity index (χ0n) is 52.5. The molecule has 0 bridgehead atoms. The molecule has 77 heavy (non-hydrogen) atoms. The number of aliphatic hydroxyl groups excluding tert-OH is 2. The van der Waals surface area contributed by atoms with Crippen LogP contribution in [0, 0.1) is 0 Å². The summed E-state index contributed by atoms with van der Waals surface area (Å²) >= 11 is 0. The van der Waals surface area contributed by atoms with Gasteiger partial charge < -0.3 is 15.5 Å². The summed E-state index contributed by atoms with van der Waals surface area (Å²) in [7, 11) is 0. The molecule has 454 valence electrons. The van der Waals surface area contributed by atoms with Gasteiger partial charge in [0.05, 0.1) is 18.8 Å². The Bertz CT molecular complexity index is 1220. The van der Waals surface area contributed by atoms with Crippen molar-refractivity contribution in [3.05, 3.63) is 48.6 Å². The summed E-state index contributed by atoms with van der Waals surface area (Å²) in [5.74, 6) is -0.0704. The summed E-state index contributed by atoms with van der Waals surface area (Å²) < 4.78 is 0. The molecule has 4 nitrogen and oxygen atoms in total. The maximum atomic E-state index is 12.5. The molecule has 4 heteroatoms. The highest BCUT2D eigenvalue weighted by atomic mass is 16.3. The molecule has 0 heterocycles. The summed E-state index contributed by atoms with van der Waals surface area (Å²) in [6, 6.07) is -0.647. The Hall–Kier alpha value is -1.65. The van der Waals surface area contributed by atoms with Gasteiger partial charge in [-0.3, -0.25) is 4.79 Å². The van der Waals surface area contributed by atoms with Gasteiger partial charge in [-0.05, 0) is 70.6 Å². The first kappa shape index (κ1) is 75.3. The summed E-state index contributed by atoms with van der Waals surface area (Å²) in [6.07, 6.45) is 96.4. The van der Waals surface area contributed by atoms with Crippen LogP contribution in [0.1, 0.15) is 393 Å². The van der Waals surface area contributed by atoms with E-state index in [0.29, 0.717) is 6.42 Å². The predicted octanol–water partition coefficient (Wildman–Crippen LogP) is 24.1. The van der Waals surface area contributed by atoms with E-state index in [9.17, 15) is 15.0 Å². The monoisotopic (exact) mass is 1080 g/mol. The lowest BCUT2D eigenvalue weighted by Crippen LogP contribution is -2.45. The number of aliphatic hydroxyl groups is 2. The molecule has 3 N–H and O–H groups in total. The van der Waals surface area contributed by atoms with E-state index in [4.69, 9.17) is 0 Å². The molecule has 0 saturated carbocycles. The van der Waals surface area contributed by atoms with Crippen molar-refractivity contribution in [2.75, 3.05) is 6.61 Å². The number of rotatable bonds is 66. The minimum Gasteiger partial charge on any atom is -0.394 e. The molecule has 1 amide bonds. The van der Waals surface area contributed by atoms with Crippen LogP contribution in [0.25, 0.3) is 0 Å². The summed E-state index contributed by atoms with van der Waals surface area (Å²) in [5, 5.41) is 23.3. The van der Waals surface area contributed by atoms with Crippen LogP contribution < -0.4 is 5.32 Å². The minimum absolute atomic E-state index is 0.0704. The van der Waals surface area contributed by atoms with Gasteiger partial charge in [-0.25, -0.2) is 0 Å². The van der Waals surface area contributed by atoms with E-state index in [2.05, 4.69) is 55.6 Å². The smallest absolute Gasteiger partial charge is 0.220 e. The molecular weight excluding hydrogens is 939 g/mol. The maximum absolute atomic E-state index is 12.5. The number of allylic oxidation sites excluding steroid dienone is 7. The lowest BCUT2D eigenvalue weighted by atomic mass is 10.0. The van der Waals surface area contributed by atoms with Crippen LogP contribution >= 0.6 is 0 Å². The van der Waals surface area contributed by atoms with Crippen molar-refractivity contribution in [3.8, 4) is 0 Å². The van der Waals surface area contributed by atoms with Crippen molar-refractivity contribution in [1.29, 1.82) is 0 Å². The summed E-state index contributed by atoms with van der Waals surface area (Å²) in [5.41, 5.74) is 0. The Balaban J connectivity index is 3.45. The molecule has 0 fully saturated rings. The van der Waals surface area contributed by atoms with Gasteiger partial charge in [0.25, 0.3) is 0 Å². The van der Waals surface area contributed by atoms with Crippen LogP contribution in [0.15, 0.2) is 48.6 Å². The van der Waals surface area contributed by atoms with E-state index < -0.39 is 12.1 Å². The first-order valence-electron chi connectivity index (χ1n) is 35.4. The van der Waals surface area contributed by atoms with Gasteiger partial charge in [-0.15, -0.1) is 0 Å². The van der Waals surface area contributed by atoms with Crippen LogP contribution in [-0.2, 0) is 4.79 Å². The second-order valence-electron chi connectivity index (χ2n) is 24.3. The molecule has 0 aliphatic carbocycles. The fraction of sp³-hybridized carbons (Fsp3) is 0.877. The van der Waals surface area contributed by atoms with Crippen molar-refractivity contribution in [3.63, 3.8) is 0 Å². The number of unbranched alkanes of at least 4 members (excludes halogenated alkanes) is 53. The van der Waals surface area contributed by atoms with E-state index in [1.54, 1.807) is 6.08 Å². The largest absolute Gasteiger partial charge is 0.394 e. The van der Waals surface area contributed by atoms with E-state index >= 15 is 0 Å². The number of hydrogen-bond donors (Lipinski definition) is 3. The Morgan fingerprint density at radius 3 is 0.753 bits per heavy atom. The molecular formula is C73H139NO3. The topological polar surface area (TPSA) is 69.6 Å². The highest BCUT2D eigenvalue weighted by Crippen LogP contribution is 2.19. The standard InChI is InChI=1S/C73H139NO3/c1-3-5-7-9-11-13-15-17-19-21-23-25-27-29-31-33-34-35-36-37-38-39-40-41-43-45-47-49-51-53-55-57-59-61-63-65-67-69-73(77)74-71(70-75)72(76)68-66-64-62-60-58-56-54-52-50-48-46-44-42-32-30-28-26-24-22-20-18-16-14-12-10-8-6-4-2/h21,23,50,52,58,60,66,68,71-72,75-76H,3-20,22,24-49,51,53-57,59,61-65,67,69-70H2,1-2H3,(H,74,77)/b23-21-,52-50+,60-58+,68-66+. The molecule has 2 atom stereocenters. The molecule has 0 aromatic carbocycles. The van der Waals surface area contributed by atoms with Crippen LogP contribution in [0.4, 0.5) is 0 Å². The van der Waals surface area contributed by atoms with Gasteiger partial charge in [-0.2, -0.15) is 0 Å². The molecule has 0 aliphatic rings. The number of hydrogen-bond acceptors (Lipinski definition) is 3. The van der Waals surface area contributed by atoms with Crippen molar-refractivity contribution in [2.24, 2.45) is 0 Å². The number of carbonyl (C=O) groups is 1. The van der Waals surface area contributed by atoms with Gasteiger partial charge in [-0.1, -0.05) is 364 Å². The van der Waals surface area contributed by atoms with Gasteiger partial charge in [0.15, 0.2) is 0 Å². The van der Waals surface area contributed by atoms with Crippen LogP contribution in [0.2, 0.25) is 0 Å². The van der Waals surface area contributed by atoms with Crippen LogP contribution in [-0.4, -0.2) is 34.9 Å². The van der Waals surface area contributed by atoms with Gasteiger partial charge in [0, 0.05) is 6.42 Å². The van der Waals surface area contributed by atoms with Crippen LogP contribution in [0.3, 0.4) is 0 Å². The lowest BCUT2D eigenvalue weighted by molar-refractivity contribution is -0.123. The highest BCUT2D eigenvalue weighted by molar-refractivity contribution is 5.76. The van der Waals surface area contributed by atoms with Crippen molar-refractivity contribution >= 4 is 5.91 Å². The van der Waals surface area contributed by atoms with Crippen molar-refractivity contribution < 1.29 is 15.0 Å². The summed E-state index contributed by atoms with van der Waals surface area (Å²) in [6.45, 7) is 4.34. The lowest BCUT2D eigenvalue weighted by Gasteiger charge is -2.19. The minimum atomic E-state index is -0.871. The van der Waals surface area contributed by atoms with Gasteiger partial charge in [0.1, 0.15) is 0 Å². The number of nitrogens with one attached hydrogen (secondary N) is 1. The Kier molecular flexibility index (Phi) is 67.2. The second-order valence-corrected chi connectivity index (χ2v) is 24.3. The third kappa shape index (κ3) is 65.0. The zero-order chi connectivity index (χ0) is 55.5. The average Bonchev–Trinajstić information content (AvgIpc) is 3.43. The maximum Gasteiger partial charge on any atom is 0.220 e. The molecule has 0 saturated heterocycles. The van der Waals surface area contributed by atoms with Crippen molar-refractivity contribution in [2.45, 2.75) is 405 Å². The fourth-order valence-corrected chi connectivity index (χ4v) is 11.2. The van der Waals surface area contributed by atoms with Gasteiger partial charge in [0.2, 0.25) is 5.91 Å². The molecule has 0 aliphatic heterocycles. The molecule has 0 aromatic heterocycles. The molecule has 0 aromatic rings. The summed E-state index contributed by atoms with van der Waals surface area (Å²) in [4.78, 5) is 12.5. The zero-order valence-corrected chi connectivity index (χ0v) is 52.5. The normalized spacial score (nSPS) is 12.9. The molecule has 0 rings (SSSR count). The van der Waals surface area contributed by atoms with Crippen LogP contribution in [0.5, 0.6) is 0 Å². The number of amides is 1. The van der Waals surface area contributed by atoms with E-state index in [0.717, 1.165) is 38.5 Å². The first-order chi connectivity index (χ1) is 38.2. The second kappa shape index (κ2) is 68.6. The van der Waals surface area contributed by atoms with E-state index in [-0.39, 0.29) is 12.5 Å². The molecule has 0 radical (unpaired) electrons. The fourth-order valence-electron chi connectivity index (χ4n) is 11.2. The number of carbonyl (C=O) groups excluding carboxylic acids is 1. The van der Waals surface area contributed by atoms with Crippen molar-refractivity contribution in [1.82, 2.24) is 5.32 Å². The van der Waals surface area contributed by atoms with Gasteiger partial charge >= 0.3 is 0 Å². The highest BCUT2D eigenvalue weighted by Gasteiger charge is 2.18. The Morgan fingerprint density at radius 1 is 0.299 bits per heavy atom. The quantitative estimate of drug-likeness (QED) is 0.0420. The first-order valence-corrected chi connectivity index (χ1v) is 35.4. The SMILES string of the molecule is CCCCCCCCCC/C=C\CCCCCCCCCCCCCCCCCCCCCCCCCCCC(=O)NC(CO)C(O)/C=C/CC/C=C/CC/C=C/CCCCCCCCCCCCCCCCCCCC. The Morgan fingerprint density at radius 2 is 0.506 bits per heavy atom. The predicted molar refractivity (Wildman–Crippen MR) is 345 cm³/mol. The molecule has 0 spiro atoms. The third-order valence-electron chi connectivity index (χ3n) is 16.5. The third-order valence-corrected chi connectivity index (χ3v) is 16.5. The average molecular weight is 1080 g/mol.